The molecule has 33 heavy (non-hydrogen) atoms. The van der Waals surface area contributed by atoms with Gasteiger partial charge in [-0.2, -0.15) is 0 Å². The van der Waals surface area contributed by atoms with E-state index in [4.69, 9.17) is 26.8 Å². The van der Waals surface area contributed by atoms with Crippen molar-refractivity contribution >= 4 is 23.2 Å². The van der Waals surface area contributed by atoms with Crippen molar-refractivity contribution in [3.05, 3.63) is 34.5 Å². The number of carbonyl (C=O) groups is 1. The van der Waals surface area contributed by atoms with E-state index in [9.17, 15) is 4.79 Å². The molecule has 3 atom stereocenters. The van der Waals surface area contributed by atoms with Crippen LogP contribution < -0.4 is 21.1 Å². The number of nitrogen functional groups attached to an aromatic ring is 1. The summed E-state index contributed by atoms with van der Waals surface area (Å²) in [6, 6.07) is 3.07. The molecule has 2 aliphatic heterocycles. The highest BCUT2D eigenvalue weighted by molar-refractivity contribution is 6.33. The molecule has 4 N–H and O–H groups in total. The van der Waals surface area contributed by atoms with Crippen LogP contribution in [0, 0.1) is 11.8 Å². The number of allylic oxidation sites excluding steroid dienone is 2. The van der Waals surface area contributed by atoms with Crippen molar-refractivity contribution in [2.24, 2.45) is 11.8 Å². The Bertz CT molecular complexity index is 845. The zero-order valence-corrected chi connectivity index (χ0v) is 21.1. The molecule has 0 radical (unpaired) electrons. The third-order valence-corrected chi connectivity index (χ3v) is 6.95. The number of nitrogens with zero attached hydrogens (tertiary/aromatic N) is 1. The van der Waals surface area contributed by atoms with Gasteiger partial charge in [-0.3, -0.25) is 4.79 Å². The van der Waals surface area contributed by atoms with Crippen LogP contribution in [0.2, 0.25) is 5.02 Å². The fourth-order valence-corrected chi connectivity index (χ4v) is 4.98. The summed E-state index contributed by atoms with van der Waals surface area (Å²) in [4.78, 5) is 15.4. The van der Waals surface area contributed by atoms with Crippen molar-refractivity contribution < 1.29 is 14.3 Å². The number of carbonyl (C=O) groups excluding carboxylic acids is 1. The lowest BCUT2D eigenvalue weighted by molar-refractivity contribution is 0.00475. The molecule has 0 saturated carbocycles. The van der Waals surface area contributed by atoms with Gasteiger partial charge in [0.15, 0.2) is 0 Å². The van der Waals surface area contributed by atoms with Gasteiger partial charge in [0.05, 0.1) is 35.5 Å². The molecule has 184 valence electrons. The van der Waals surface area contributed by atoms with Crippen LogP contribution in [-0.4, -0.2) is 63.4 Å². The highest BCUT2D eigenvalue weighted by Crippen LogP contribution is 2.29. The molecule has 2 heterocycles. The molecule has 2 fully saturated rings. The van der Waals surface area contributed by atoms with Gasteiger partial charge in [-0.15, -0.1) is 0 Å². The van der Waals surface area contributed by atoms with Gasteiger partial charge < -0.3 is 30.7 Å². The van der Waals surface area contributed by atoms with Crippen LogP contribution in [0.3, 0.4) is 0 Å². The number of anilines is 1. The second-order valence-corrected chi connectivity index (χ2v) is 9.93. The predicted octanol–water partition coefficient (Wildman–Crippen LogP) is 3.68. The van der Waals surface area contributed by atoms with Gasteiger partial charge in [0.2, 0.25) is 0 Å². The number of benzene rings is 1. The summed E-state index contributed by atoms with van der Waals surface area (Å²) >= 11 is 6.14. The molecule has 3 rings (SSSR count). The molecule has 0 aromatic heterocycles. The van der Waals surface area contributed by atoms with Crippen LogP contribution in [-0.2, 0) is 4.74 Å². The van der Waals surface area contributed by atoms with Crippen LogP contribution in [0.5, 0.6) is 5.75 Å². The maximum absolute atomic E-state index is 13.0. The monoisotopic (exact) mass is 478 g/mol. The number of methoxy groups -OCH3 is 2. The minimum atomic E-state index is -0.228. The number of nitrogens with one attached hydrogen (secondary N) is 2. The lowest BCUT2D eigenvalue weighted by Gasteiger charge is -2.39. The lowest BCUT2D eigenvalue weighted by atomic mass is 9.90. The van der Waals surface area contributed by atoms with E-state index in [1.807, 2.05) is 0 Å². The normalized spacial score (nSPS) is 25.2. The van der Waals surface area contributed by atoms with Gasteiger partial charge in [-0.05, 0) is 50.1 Å². The molecular weight excluding hydrogens is 440 g/mol. The van der Waals surface area contributed by atoms with Crippen molar-refractivity contribution in [1.29, 1.82) is 0 Å². The molecule has 2 saturated heterocycles. The van der Waals surface area contributed by atoms with Gasteiger partial charge >= 0.3 is 0 Å². The topological polar surface area (TPSA) is 88.8 Å². The van der Waals surface area contributed by atoms with E-state index in [0.29, 0.717) is 27.9 Å². The third-order valence-electron chi connectivity index (χ3n) is 6.63. The summed E-state index contributed by atoms with van der Waals surface area (Å²) in [7, 11) is 3.23. The fraction of sp³-hybridized carbons (Fsp3) is 0.640. The molecule has 7 nitrogen and oxygen atoms in total. The Morgan fingerprint density at radius 1 is 1.36 bits per heavy atom. The van der Waals surface area contributed by atoms with Crippen LogP contribution in [0.4, 0.5) is 5.69 Å². The second kappa shape index (κ2) is 12.0. The minimum Gasteiger partial charge on any atom is -0.496 e. The average molecular weight is 479 g/mol. The van der Waals surface area contributed by atoms with Crippen LogP contribution in [0.1, 0.15) is 49.9 Å². The van der Waals surface area contributed by atoms with Crippen molar-refractivity contribution in [3.8, 4) is 5.75 Å². The molecule has 1 unspecified atom stereocenters. The van der Waals surface area contributed by atoms with E-state index < -0.39 is 0 Å². The fourth-order valence-electron chi connectivity index (χ4n) is 4.81. The smallest absolute Gasteiger partial charge is 0.255 e. The van der Waals surface area contributed by atoms with Crippen LogP contribution >= 0.6 is 11.6 Å². The zero-order chi connectivity index (χ0) is 24.0. The molecular formula is C25H39ClN4O3. The number of likely N-dealkylation sites (tertiary alicyclic amines) is 1. The van der Waals surface area contributed by atoms with Crippen molar-refractivity contribution in [2.45, 2.75) is 51.7 Å². The third kappa shape index (κ3) is 7.01. The highest BCUT2D eigenvalue weighted by atomic mass is 35.5. The SMILES string of the molecule is COc1cc(N)c(Cl)cc1C(=O)N[C@H]1CCN(CCC2CCNC(=CC(C)C)C2)C[C@H]1OC. The van der Waals surface area contributed by atoms with Gasteiger partial charge in [0.1, 0.15) is 5.75 Å². The quantitative estimate of drug-likeness (QED) is 0.494. The summed E-state index contributed by atoms with van der Waals surface area (Å²) in [5.74, 6) is 1.48. The van der Waals surface area contributed by atoms with E-state index in [1.165, 1.54) is 25.6 Å². The summed E-state index contributed by atoms with van der Waals surface area (Å²) in [6.45, 7) is 8.32. The second-order valence-electron chi connectivity index (χ2n) is 9.53. The number of hydrogen-bond donors (Lipinski definition) is 3. The highest BCUT2D eigenvalue weighted by Gasteiger charge is 2.31. The van der Waals surface area contributed by atoms with E-state index in [1.54, 1.807) is 19.2 Å². The molecule has 1 amide bonds. The summed E-state index contributed by atoms with van der Waals surface area (Å²) in [5.41, 5.74) is 8.01. The van der Waals surface area contributed by atoms with Crippen LogP contribution in [0.25, 0.3) is 0 Å². The average Bonchev–Trinajstić information content (AvgIpc) is 2.79. The van der Waals surface area contributed by atoms with Gasteiger partial charge in [-0.25, -0.2) is 0 Å². The summed E-state index contributed by atoms with van der Waals surface area (Å²) in [5, 5.41) is 7.01. The Morgan fingerprint density at radius 2 is 2.15 bits per heavy atom. The van der Waals surface area contributed by atoms with E-state index in [2.05, 4.69) is 35.5 Å². The maximum atomic E-state index is 13.0. The summed E-state index contributed by atoms with van der Waals surface area (Å²) < 4.78 is 11.1. The van der Waals surface area contributed by atoms with Crippen molar-refractivity contribution in [2.75, 3.05) is 46.1 Å². The standard InChI is InChI=1S/C25H39ClN4O3/c1-16(2)11-18-12-17(5-8-28-18)6-9-30-10-7-22(24(15-30)33-4)29-25(31)19-13-20(26)21(27)14-23(19)32-3/h11,13-14,16-17,22,24,28H,5-10,12,15,27H2,1-4H3,(H,29,31)/t17?,22-,24+/m0/s1. The minimum absolute atomic E-state index is 0.0673. The number of rotatable bonds is 8. The van der Waals surface area contributed by atoms with Gasteiger partial charge in [0, 0.05) is 38.5 Å². The van der Waals surface area contributed by atoms with E-state index in [-0.39, 0.29) is 18.1 Å². The Kier molecular flexibility index (Phi) is 9.29. The Balaban J connectivity index is 1.53. The molecule has 0 bridgehead atoms. The van der Waals surface area contributed by atoms with Gasteiger partial charge in [0.25, 0.3) is 5.91 Å². The van der Waals surface area contributed by atoms with Gasteiger partial charge in [-0.1, -0.05) is 31.5 Å². The first-order valence-electron chi connectivity index (χ1n) is 11.9. The first-order chi connectivity index (χ1) is 15.8. The lowest BCUT2D eigenvalue weighted by Crippen LogP contribution is -2.55. The number of hydrogen-bond acceptors (Lipinski definition) is 6. The van der Waals surface area contributed by atoms with Crippen LogP contribution in [0.15, 0.2) is 23.9 Å². The molecule has 1 aromatic carbocycles. The number of halogens is 1. The number of amides is 1. The summed E-state index contributed by atoms with van der Waals surface area (Å²) in [6.07, 6.45) is 6.67. The Morgan fingerprint density at radius 3 is 2.85 bits per heavy atom. The van der Waals surface area contributed by atoms with E-state index >= 15 is 0 Å². The Labute approximate surface area is 203 Å². The first kappa shape index (κ1) is 25.7. The van der Waals surface area contributed by atoms with E-state index in [0.717, 1.165) is 44.9 Å². The number of piperidine rings is 2. The number of nitrogens with two attached hydrogens (primary N) is 1. The molecule has 0 aliphatic carbocycles. The first-order valence-corrected chi connectivity index (χ1v) is 12.3. The molecule has 0 spiro atoms. The zero-order valence-electron chi connectivity index (χ0n) is 20.3. The Hall–Kier alpha value is -1.96. The predicted molar refractivity (Wildman–Crippen MR) is 134 cm³/mol. The maximum Gasteiger partial charge on any atom is 0.255 e. The number of ether oxygens (including phenoxy) is 2. The largest absolute Gasteiger partial charge is 0.496 e. The molecule has 8 heteroatoms. The van der Waals surface area contributed by atoms with Crippen molar-refractivity contribution in [3.63, 3.8) is 0 Å². The molecule has 1 aromatic rings. The molecule has 2 aliphatic rings. The van der Waals surface area contributed by atoms with Crippen molar-refractivity contribution in [1.82, 2.24) is 15.5 Å².